The lowest BCUT2D eigenvalue weighted by Crippen LogP contribution is -2.17. The largest absolute Gasteiger partial charge is 0.307 e. The molecule has 22 heavy (non-hydrogen) atoms. The van der Waals surface area contributed by atoms with Gasteiger partial charge in [-0.05, 0) is 19.4 Å². The van der Waals surface area contributed by atoms with E-state index in [1.165, 1.54) is 11.8 Å². The molecule has 0 radical (unpaired) electrons. The summed E-state index contributed by atoms with van der Waals surface area (Å²) in [7, 11) is -3.02. The highest BCUT2D eigenvalue weighted by Gasteiger charge is 2.32. The van der Waals surface area contributed by atoms with Crippen LogP contribution in [0.15, 0.2) is 4.91 Å². The Morgan fingerprint density at radius 1 is 1.55 bits per heavy atom. The number of hydrogen-bond donors (Lipinski definition) is 1. The number of thioether (sulfide) groups is 1. The lowest BCUT2D eigenvalue weighted by atomic mass is 10.2. The third kappa shape index (κ3) is 2.94. The van der Waals surface area contributed by atoms with Crippen LogP contribution in [-0.4, -0.2) is 39.9 Å². The minimum atomic E-state index is -3.02. The number of nitrogens with one attached hydrogen (secondary N) is 1. The maximum Gasteiger partial charge on any atom is 0.263 e. The molecule has 6 nitrogen and oxygen atoms in total. The van der Waals surface area contributed by atoms with Gasteiger partial charge in [0.15, 0.2) is 9.84 Å². The Labute approximate surface area is 142 Å². The summed E-state index contributed by atoms with van der Waals surface area (Å²) < 4.78 is 25.2. The summed E-state index contributed by atoms with van der Waals surface area (Å²) in [4.78, 5) is 12.2. The lowest BCUT2D eigenvalue weighted by molar-refractivity contribution is -0.115. The molecule has 1 aromatic rings. The van der Waals surface area contributed by atoms with Crippen LogP contribution < -0.4 is 5.32 Å². The molecule has 118 valence electrons. The van der Waals surface area contributed by atoms with Crippen LogP contribution in [0.3, 0.4) is 0 Å². The van der Waals surface area contributed by atoms with E-state index in [1.807, 2.05) is 0 Å². The molecule has 3 rings (SSSR count). The molecule has 0 aromatic carbocycles. The molecular weight excluding hydrogens is 366 g/mol. The fourth-order valence-corrected chi connectivity index (χ4v) is 5.54. The number of sulfone groups is 1. The molecule has 2 aliphatic rings. The minimum Gasteiger partial charge on any atom is -0.307 e. The predicted octanol–water partition coefficient (Wildman–Crippen LogP) is 1.69. The second-order valence-electron chi connectivity index (χ2n) is 5.14. The Kier molecular flexibility index (Phi) is 4.09. The Morgan fingerprint density at radius 2 is 2.27 bits per heavy atom. The number of thiocarbonyl (C=S) groups is 1. The van der Waals surface area contributed by atoms with Gasteiger partial charge in [-0.15, -0.1) is 0 Å². The molecule has 2 aliphatic heterocycles. The molecule has 3 heterocycles. The number of rotatable bonds is 2. The van der Waals surface area contributed by atoms with Crippen LogP contribution in [0, 0.1) is 6.92 Å². The summed E-state index contributed by atoms with van der Waals surface area (Å²) in [6, 6.07) is -0.255. The highest BCUT2D eigenvalue weighted by molar-refractivity contribution is 8.26. The van der Waals surface area contributed by atoms with Crippen molar-refractivity contribution >= 4 is 61.7 Å². The molecule has 2 saturated heterocycles. The second kappa shape index (κ2) is 5.63. The van der Waals surface area contributed by atoms with Gasteiger partial charge in [0.05, 0.1) is 28.1 Å². The Balaban J connectivity index is 1.96. The van der Waals surface area contributed by atoms with E-state index in [0.717, 1.165) is 0 Å². The van der Waals surface area contributed by atoms with E-state index in [0.29, 0.717) is 32.1 Å². The zero-order valence-corrected chi connectivity index (χ0v) is 14.7. The van der Waals surface area contributed by atoms with Gasteiger partial charge in [-0.2, -0.15) is 5.10 Å². The number of carbonyl (C=O) groups is 1. The second-order valence-corrected chi connectivity index (χ2v) is 9.45. The molecule has 10 heteroatoms. The summed E-state index contributed by atoms with van der Waals surface area (Å²) in [6.07, 6.45) is 2.14. The molecule has 0 spiro atoms. The third-order valence-electron chi connectivity index (χ3n) is 3.54. The average Bonchev–Trinajstić information content (AvgIpc) is 3.02. The van der Waals surface area contributed by atoms with Crippen LogP contribution in [0.25, 0.3) is 6.08 Å². The van der Waals surface area contributed by atoms with Crippen molar-refractivity contribution < 1.29 is 13.2 Å². The van der Waals surface area contributed by atoms with E-state index in [2.05, 4.69) is 10.4 Å². The molecule has 0 saturated carbocycles. The minimum absolute atomic E-state index is 0.0448. The van der Waals surface area contributed by atoms with Crippen LogP contribution in [0.4, 0.5) is 0 Å². The van der Waals surface area contributed by atoms with Crippen molar-refractivity contribution in [3.63, 3.8) is 0 Å². The fourth-order valence-electron chi connectivity index (χ4n) is 2.46. The molecule has 1 N–H and O–H groups in total. The van der Waals surface area contributed by atoms with E-state index >= 15 is 0 Å². The molecule has 2 fully saturated rings. The van der Waals surface area contributed by atoms with E-state index < -0.39 is 9.84 Å². The summed E-state index contributed by atoms with van der Waals surface area (Å²) in [5.74, 6) is -0.0689. The van der Waals surface area contributed by atoms with Crippen molar-refractivity contribution in [3.05, 3.63) is 21.3 Å². The first-order valence-electron chi connectivity index (χ1n) is 6.47. The predicted molar refractivity (Wildman–Crippen MR) is 90.6 cm³/mol. The first kappa shape index (κ1) is 16.0. The van der Waals surface area contributed by atoms with Gasteiger partial charge in [-0.3, -0.25) is 4.79 Å². The van der Waals surface area contributed by atoms with Gasteiger partial charge in [0, 0.05) is 5.56 Å². The van der Waals surface area contributed by atoms with Crippen LogP contribution >= 0.6 is 35.6 Å². The first-order valence-corrected chi connectivity index (χ1v) is 9.89. The maximum absolute atomic E-state index is 11.7. The van der Waals surface area contributed by atoms with Crippen molar-refractivity contribution in [1.29, 1.82) is 0 Å². The van der Waals surface area contributed by atoms with Crippen molar-refractivity contribution in [2.45, 2.75) is 19.4 Å². The van der Waals surface area contributed by atoms with Crippen molar-refractivity contribution in [3.8, 4) is 0 Å². The van der Waals surface area contributed by atoms with Crippen LogP contribution in [0.1, 0.15) is 23.7 Å². The summed E-state index contributed by atoms with van der Waals surface area (Å²) >= 11 is 12.5. The van der Waals surface area contributed by atoms with Crippen molar-refractivity contribution in [2.75, 3.05) is 11.5 Å². The number of aromatic nitrogens is 2. The van der Waals surface area contributed by atoms with Crippen molar-refractivity contribution in [1.82, 2.24) is 15.1 Å². The number of nitrogens with zero attached hydrogens (tertiary/aromatic N) is 2. The molecule has 1 aromatic heterocycles. The third-order valence-corrected chi connectivity index (χ3v) is 6.83. The number of carbonyl (C=O) groups excluding carboxylic acids is 1. The first-order chi connectivity index (χ1) is 10.3. The van der Waals surface area contributed by atoms with E-state index in [1.54, 1.807) is 17.7 Å². The van der Waals surface area contributed by atoms with E-state index in [4.69, 9.17) is 23.8 Å². The Bertz CT molecular complexity index is 813. The normalized spacial score (nSPS) is 25.9. The summed E-state index contributed by atoms with van der Waals surface area (Å²) in [6.45, 7) is 1.77. The molecule has 0 aliphatic carbocycles. The van der Waals surface area contributed by atoms with Gasteiger partial charge < -0.3 is 5.32 Å². The lowest BCUT2D eigenvalue weighted by Gasteiger charge is -2.09. The SMILES string of the molecule is Cc1nn(C2CCS(=O)(=O)C2)c(Cl)c1C=C1SC(=S)NC1=O. The van der Waals surface area contributed by atoms with Gasteiger partial charge >= 0.3 is 0 Å². The number of hydrogen-bond acceptors (Lipinski definition) is 6. The zero-order chi connectivity index (χ0) is 16.1. The summed E-state index contributed by atoms with van der Waals surface area (Å²) in [5.41, 5.74) is 1.27. The molecule has 1 unspecified atom stereocenters. The van der Waals surface area contributed by atoms with Crippen LogP contribution in [0.5, 0.6) is 0 Å². The smallest absolute Gasteiger partial charge is 0.263 e. The summed E-state index contributed by atoms with van der Waals surface area (Å²) in [5, 5.41) is 7.23. The van der Waals surface area contributed by atoms with Gasteiger partial charge in [0.2, 0.25) is 0 Å². The quantitative estimate of drug-likeness (QED) is 0.624. The standard InChI is InChI=1S/C12H12ClN3O3S3/c1-6-8(4-9-11(17)14-12(20)21-9)10(13)16(15-6)7-2-3-22(18,19)5-7/h4,7H,2-3,5H2,1H3,(H,14,17,20). The zero-order valence-electron chi connectivity index (χ0n) is 11.5. The average molecular weight is 378 g/mol. The topological polar surface area (TPSA) is 81.1 Å². The highest BCUT2D eigenvalue weighted by Crippen LogP contribution is 2.33. The van der Waals surface area contributed by atoms with E-state index in [-0.39, 0.29) is 23.5 Å². The fraction of sp³-hybridized carbons (Fsp3) is 0.417. The monoisotopic (exact) mass is 377 g/mol. The van der Waals surface area contributed by atoms with Gasteiger partial charge in [-0.25, -0.2) is 13.1 Å². The molecule has 0 bridgehead atoms. The Hall–Kier alpha value is -0.900. The van der Waals surface area contributed by atoms with Gasteiger partial charge in [0.25, 0.3) is 5.91 Å². The number of aryl methyl sites for hydroxylation is 1. The van der Waals surface area contributed by atoms with Gasteiger partial charge in [0.1, 0.15) is 9.47 Å². The number of halogens is 1. The Morgan fingerprint density at radius 3 is 2.82 bits per heavy atom. The maximum atomic E-state index is 11.7. The molecule has 1 atom stereocenters. The molecular formula is C12H12ClN3O3S3. The highest BCUT2D eigenvalue weighted by atomic mass is 35.5. The van der Waals surface area contributed by atoms with Crippen LogP contribution in [0.2, 0.25) is 5.15 Å². The number of amides is 1. The van der Waals surface area contributed by atoms with Crippen LogP contribution in [-0.2, 0) is 14.6 Å². The van der Waals surface area contributed by atoms with E-state index in [9.17, 15) is 13.2 Å². The molecule has 1 amide bonds. The van der Waals surface area contributed by atoms with Crippen molar-refractivity contribution in [2.24, 2.45) is 0 Å². The van der Waals surface area contributed by atoms with Gasteiger partial charge in [-0.1, -0.05) is 35.6 Å².